The molecule has 0 amide bonds. The Morgan fingerprint density at radius 3 is 2.33 bits per heavy atom. The van der Waals surface area contributed by atoms with Crippen LogP contribution in [0, 0.1) is 0 Å². The average molecular weight is 384 g/mol. The summed E-state index contributed by atoms with van der Waals surface area (Å²) >= 11 is 0. The van der Waals surface area contributed by atoms with Gasteiger partial charge in [-0.2, -0.15) is 13.5 Å². The fraction of sp³-hybridized carbons (Fsp3) is 0.200. The number of aromatic hydroxyl groups is 1. The SMILES string of the molecule is CC(C)(C)c1ccc(O)c(N=Nc2ccc3c(S(=O)(=O)O)cccc3c2)c1. The highest BCUT2D eigenvalue weighted by Crippen LogP contribution is 2.34. The van der Waals surface area contributed by atoms with E-state index in [0.29, 0.717) is 22.1 Å². The molecule has 140 valence electrons. The molecule has 0 unspecified atom stereocenters. The van der Waals surface area contributed by atoms with Gasteiger partial charge in [-0.3, -0.25) is 4.55 Å². The molecule has 0 saturated carbocycles. The van der Waals surface area contributed by atoms with Crippen molar-refractivity contribution in [2.75, 3.05) is 0 Å². The highest BCUT2D eigenvalue weighted by atomic mass is 32.2. The van der Waals surface area contributed by atoms with Gasteiger partial charge in [0.1, 0.15) is 16.3 Å². The van der Waals surface area contributed by atoms with Gasteiger partial charge in [0.15, 0.2) is 0 Å². The smallest absolute Gasteiger partial charge is 0.295 e. The van der Waals surface area contributed by atoms with Gasteiger partial charge in [0, 0.05) is 5.39 Å². The van der Waals surface area contributed by atoms with Gasteiger partial charge in [-0.25, -0.2) is 0 Å². The lowest BCUT2D eigenvalue weighted by Gasteiger charge is -2.19. The second-order valence-corrected chi connectivity index (χ2v) is 8.68. The molecule has 0 aliphatic heterocycles. The number of hydrogen-bond donors (Lipinski definition) is 2. The van der Waals surface area contributed by atoms with Crippen molar-refractivity contribution >= 4 is 32.3 Å². The van der Waals surface area contributed by atoms with Crippen LogP contribution < -0.4 is 0 Å². The van der Waals surface area contributed by atoms with E-state index < -0.39 is 10.1 Å². The van der Waals surface area contributed by atoms with Gasteiger partial charge >= 0.3 is 0 Å². The van der Waals surface area contributed by atoms with Crippen LogP contribution in [0.25, 0.3) is 10.8 Å². The molecule has 0 bridgehead atoms. The van der Waals surface area contributed by atoms with Crippen LogP contribution in [0.2, 0.25) is 0 Å². The Balaban J connectivity index is 2.01. The van der Waals surface area contributed by atoms with Crippen molar-refractivity contribution < 1.29 is 18.1 Å². The molecule has 0 aliphatic rings. The van der Waals surface area contributed by atoms with E-state index in [4.69, 9.17) is 0 Å². The maximum absolute atomic E-state index is 11.5. The van der Waals surface area contributed by atoms with Crippen molar-refractivity contribution in [3.05, 3.63) is 60.2 Å². The third kappa shape index (κ3) is 4.15. The molecular formula is C20H20N2O4S. The maximum atomic E-state index is 11.5. The summed E-state index contributed by atoms with van der Waals surface area (Å²) in [5.74, 6) is 0.0289. The van der Waals surface area contributed by atoms with E-state index in [1.165, 1.54) is 6.07 Å². The molecule has 2 N–H and O–H groups in total. The number of phenolic OH excluding ortho intramolecular Hbond substituents is 1. The molecule has 6 nitrogen and oxygen atoms in total. The van der Waals surface area contributed by atoms with Crippen molar-refractivity contribution in [1.29, 1.82) is 0 Å². The first-order valence-electron chi connectivity index (χ1n) is 8.31. The van der Waals surface area contributed by atoms with E-state index >= 15 is 0 Å². The lowest BCUT2D eigenvalue weighted by molar-refractivity contribution is 0.475. The van der Waals surface area contributed by atoms with E-state index in [9.17, 15) is 18.1 Å². The zero-order chi connectivity index (χ0) is 19.8. The fourth-order valence-electron chi connectivity index (χ4n) is 2.71. The van der Waals surface area contributed by atoms with Gasteiger partial charge in [-0.1, -0.05) is 45.0 Å². The van der Waals surface area contributed by atoms with Gasteiger partial charge in [-0.05, 0) is 46.7 Å². The molecule has 7 heteroatoms. The zero-order valence-electron chi connectivity index (χ0n) is 15.2. The molecule has 0 saturated heterocycles. The molecule has 3 aromatic carbocycles. The number of phenols is 1. The third-order valence-electron chi connectivity index (χ3n) is 4.22. The summed E-state index contributed by atoms with van der Waals surface area (Å²) in [5, 5.41) is 19.3. The minimum Gasteiger partial charge on any atom is -0.506 e. The first-order chi connectivity index (χ1) is 12.6. The molecular weight excluding hydrogens is 364 g/mol. The Hall–Kier alpha value is -2.77. The van der Waals surface area contributed by atoms with Gasteiger partial charge in [-0.15, -0.1) is 5.11 Å². The lowest BCUT2D eigenvalue weighted by Crippen LogP contribution is -2.10. The fourth-order valence-corrected chi connectivity index (χ4v) is 3.42. The average Bonchev–Trinajstić information content (AvgIpc) is 2.58. The first-order valence-corrected chi connectivity index (χ1v) is 9.75. The van der Waals surface area contributed by atoms with Gasteiger partial charge in [0.25, 0.3) is 10.1 Å². The third-order valence-corrected chi connectivity index (χ3v) is 5.13. The second-order valence-electron chi connectivity index (χ2n) is 7.29. The van der Waals surface area contributed by atoms with E-state index in [1.807, 2.05) is 6.07 Å². The summed E-state index contributed by atoms with van der Waals surface area (Å²) in [5.41, 5.74) is 1.78. The lowest BCUT2D eigenvalue weighted by atomic mass is 9.87. The number of benzene rings is 3. The zero-order valence-corrected chi connectivity index (χ0v) is 16.0. The van der Waals surface area contributed by atoms with Crippen molar-refractivity contribution in [1.82, 2.24) is 0 Å². The van der Waals surface area contributed by atoms with Gasteiger partial charge < -0.3 is 5.11 Å². The first kappa shape index (κ1) is 19.0. The quantitative estimate of drug-likeness (QED) is 0.460. The van der Waals surface area contributed by atoms with Crippen LogP contribution >= 0.6 is 0 Å². The molecule has 0 aromatic heterocycles. The molecule has 0 radical (unpaired) electrons. The Bertz CT molecular complexity index is 1150. The number of fused-ring (bicyclic) bond motifs is 1. The number of nitrogens with zero attached hydrogens (tertiary/aromatic N) is 2. The monoisotopic (exact) mass is 384 g/mol. The molecule has 0 aliphatic carbocycles. The van der Waals surface area contributed by atoms with E-state index in [-0.39, 0.29) is 16.1 Å². The Morgan fingerprint density at radius 2 is 1.67 bits per heavy atom. The highest BCUT2D eigenvalue weighted by Gasteiger charge is 2.16. The molecule has 0 fully saturated rings. The topological polar surface area (TPSA) is 99.3 Å². The molecule has 0 atom stereocenters. The molecule has 0 heterocycles. The van der Waals surface area contributed by atoms with Crippen LogP contribution in [0.1, 0.15) is 26.3 Å². The largest absolute Gasteiger partial charge is 0.506 e. The Kier molecular flexibility index (Phi) is 4.75. The highest BCUT2D eigenvalue weighted by molar-refractivity contribution is 7.86. The van der Waals surface area contributed by atoms with Crippen LogP contribution in [0.5, 0.6) is 5.75 Å². The number of hydrogen-bond acceptors (Lipinski definition) is 5. The molecule has 27 heavy (non-hydrogen) atoms. The molecule has 3 aromatic rings. The normalized spacial score (nSPS) is 12.7. The van der Waals surface area contributed by atoms with Crippen molar-refractivity contribution in [2.45, 2.75) is 31.1 Å². The van der Waals surface area contributed by atoms with Crippen LogP contribution in [0.3, 0.4) is 0 Å². The van der Waals surface area contributed by atoms with Crippen LogP contribution in [0.4, 0.5) is 11.4 Å². The van der Waals surface area contributed by atoms with Gasteiger partial charge in [0.05, 0.1) is 5.69 Å². The Labute approximate surface area is 157 Å². The minimum atomic E-state index is -4.31. The minimum absolute atomic E-state index is 0.0289. The molecule has 0 spiro atoms. The van der Waals surface area contributed by atoms with Crippen LogP contribution in [-0.2, 0) is 15.5 Å². The summed E-state index contributed by atoms with van der Waals surface area (Å²) < 4.78 is 32.3. The summed E-state index contributed by atoms with van der Waals surface area (Å²) in [6.07, 6.45) is 0. The van der Waals surface area contributed by atoms with Crippen LogP contribution in [0.15, 0.2) is 69.7 Å². The second kappa shape index (κ2) is 6.75. The van der Waals surface area contributed by atoms with Crippen LogP contribution in [-0.4, -0.2) is 18.1 Å². The van der Waals surface area contributed by atoms with Crippen molar-refractivity contribution in [2.24, 2.45) is 10.2 Å². The summed E-state index contributed by atoms with van der Waals surface area (Å²) in [7, 11) is -4.31. The summed E-state index contributed by atoms with van der Waals surface area (Å²) in [6.45, 7) is 6.20. The van der Waals surface area contributed by atoms with Gasteiger partial charge in [0.2, 0.25) is 0 Å². The summed E-state index contributed by atoms with van der Waals surface area (Å²) in [4.78, 5) is -0.154. The van der Waals surface area contributed by atoms with Crippen molar-refractivity contribution in [3.8, 4) is 5.75 Å². The van der Waals surface area contributed by atoms with E-state index in [0.717, 1.165) is 5.56 Å². The number of rotatable bonds is 3. The predicted molar refractivity (Wildman–Crippen MR) is 105 cm³/mol. The van der Waals surface area contributed by atoms with Crippen molar-refractivity contribution in [3.63, 3.8) is 0 Å². The predicted octanol–water partition coefficient (Wildman–Crippen LogP) is 5.51. The van der Waals surface area contributed by atoms with E-state index in [2.05, 4.69) is 31.0 Å². The van der Waals surface area contributed by atoms with E-state index in [1.54, 1.807) is 42.5 Å². The standard InChI is InChI=1S/C20H20N2O4S/c1-20(2,3)14-7-10-18(23)17(12-14)22-21-15-8-9-16-13(11-15)5-4-6-19(16)27(24,25)26/h4-12,23H,1-3H3,(H,24,25,26). The maximum Gasteiger partial charge on any atom is 0.295 e. The molecule has 3 rings (SSSR count). The Morgan fingerprint density at radius 1 is 0.926 bits per heavy atom. The summed E-state index contributed by atoms with van der Waals surface area (Å²) in [6, 6.07) is 14.7. The number of azo groups is 1.